The summed E-state index contributed by atoms with van der Waals surface area (Å²) >= 11 is 0. The van der Waals surface area contributed by atoms with Gasteiger partial charge >= 0.3 is 0 Å². The smallest absolute Gasteiger partial charge is 0.218 e. The first-order valence-electron chi connectivity index (χ1n) is 7.17. The summed E-state index contributed by atoms with van der Waals surface area (Å²) in [6, 6.07) is 14.9. The van der Waals surface area contributed by atoms with Gasteiger partial charge in [-0.15, -0.1) is 0 Å². The molecular weight excluding hydrogens is 276 g/mol. The Balaban J connectivity index is 2.26. The van der Waals surface area contributed by atoms with Crippen molar-refractivity contribution in [1.82, 2.24) is 5.32 Å². The summed E-state index contributed by atoms with van der Waals surface area (Å²) in [5.74, 6) is -0.430. The molecule has 0 bridgehead atoms. The summed E-state index contributed by atoms with van der Waals surface area (Å²) in [5.41, 5.74) is 3.55. The molecular formula is C18H20N2O2. The Morgan fingerprint density at radius 3 is 2.09 bits per heavy atom. The van der Waals surface area contributed by atoms with Gasteiger partial charge in [0, 0.05) is 18.2 Å². The van der Waals surface area contributed by atoms with E-state index in [2.05, 4.69) is 16.7 Å². The molecule has 4 nitrogen and oxygen atoms in total. The Labute approximate surface area is 130 Å². The molecule has 2 N–H and O–H groups in total. The van der Waals surface area contributed by atoms with E-state index in [1.54, 1.807) is 24.3 Å². The monoisotopic (exact) mass is 296 g/mol. The van der Waals surface area contributed by atoms with Gasteiger partial charge in [0.1, 0.15) is 0 Å². The molecule has 2 rings (SSSR count). The fourth-order valence-corrected chi connectivity index (χ4v) is 2.36. The molecule has 114 valence electrons. The molecule has 0 spiro atoms. The number of anilines is 1. The van der Waals surface area contributed by atoms with E-state index in [0.717, 1.165) is 16.8 Å². The standard InChI is InChI=1S/C18H20N2O2/c1-12-9-13(2)11-16(10-12)20-18(19-14(3)21)17(22)15-7-5-4-6-8-15/h4-11,18,20H,1-3H3,(H,19,21). The van der Waals surface area contributed by atoms with E-state index in [1.807, 2.05) is 32.0 Å². The molecule has 0 aliphatic rings. The highest BCUT2D eigenvalue weighted by atomic mass is 16.2. The molecule has 1 atom stereocenters. The predicted octanol–water partition coefficient (Wildman–Crippen LogP) is 3.06. The zero-order valence-electron chi connectivity index (χ0n) is 13.0. The molecule has 1 unspecified atom stereocenters. The predicted molar refractivity (Wildman–Crippen MR) is 87.9 cm³/mol. The third-order valence-electron chi connectivity index (χ3n) is 3.20. The Kier molecular flexibility index (Phi) is 4.94. The van der Waals surface area contributed by atoms with E-state index >= 15 is 0 Å². The SMILES string of the molecule is CC(=O)NC(Nc1cc(C)cc(C)c1)C(=O)c1ccccc1. The van der Waals surface area contributed by atoms with Gasteiger partial charge in [-0.1, -0.05) is 36.4 Å². The van der Waals surface area contributed by atoms with Crippen LogP contribution in [0.3, 0.4) is 0 Å². The number of ketones is 1. The molecule has 0 aliphatic heterocycles. The number of benzene rings is 2. The molecule has 22 heavy (non-hydrogen) atoms. The van der Waals surface area contributed by atoms with Gasteiger partial charge in [0.25, 0.3) is 0 Å². The lowest BCUT2D eigenvalue weighted by Gasteiger charge is -2.20. The van der Waals surface area contributed by atoms with Crippen LogP contribution < -0.4 is 10.6 Å². The molecule has 4 heteroatoms. The average Bonchev–Trinajstić information content (AvgIpc) is 2.45. The average molecular weight is 296 g/mol. The van der Waals surface area contributed by atoms with Crippen molar-refractivity contribution in [2.24, 2.45) is 0 Å². The Morgan fingerprint density at radius 2 is 1.55 bits per heavy atom. The Morgan fingerprint density at radius 1 is 0.955 bits per heavy atom. The third kappa shape index (κ3) is 4.19. The van der Waals surface area contributed by atoms with Crippen molar-refractivity contribution in [2.45, 2.75) is 26.9 Å². The minimum atomic E-state index is -0.791. The Hall–Kier alpha value is -2.62. The largest absolute Gasteiger partial charge is 0.359 e. The van der Waals surface area contributed by atoms with Gasteiger partial charge in [-0.05, 0) is 37.1 Å². The fourth-order valence-electron chi connectivity index (χ4n) is 2.36. The van der Waals surface area contributed by atoms with Crippen LogP contribution in [0.25, 0.3) is 0 Å². The van der Waals surface area contributed by atoms with Gasteiger partial charge in [-0.25, -0.2) is 0 Å². The van der Waals surface area contributed by atoms with Crippen LogP contribution in [0.15, 0.2) is 48.5 Å². The highest BCUT2D eigenvalue weighted by molar-refractivity contribution is 6.03. The quantitative estimate of drug-likeness (QED) is 0.658. The molecule has 0 radical (unpaired) electrons. The zero-order chi connectivity index (χ0) is 16.1. The molecule has 2 aromatic carbocycles. The van der Waals surface area contributed by atoms with Crippen LogP contribution >= 0.6 is 0 Å². The van der Waals surface area contributed by atoms with Crippen LogP contribution in [0.1, 0.15) is 28.4 Å². The van der Waals surface area contributed by atoms with Crippen LogP contribution in [0, 0.1) is 13.8 Å². The van der Waals surface area contributed by atoms with Crippen molar-refractivity contribution in [2.75, 3.05) is 5.32 Å². The summed E-state index contributed by atoms with van der Waals surface area (Å²) in [5, 5.41) is 5.77. The summed E-state index contributed by atoms with van der Waals surface area (Å²) in [4.78, 5) is 24.0. The maximum absolute atomic E-state index is 12.6. The highest BCUT2D eigenvalue weighted by Gasteiger charge is 2.20. The maximum Gasteiger partial charge on any atom is 0.218 e. The van der Waals surface area contributed by atoms with E-state index in [1.165, 1.54) is 6.92 Å². The summed E-state index contributed by atoms with van der Waals surface area (Å²) < 4.78 is 0. The number of nitrogens with one attached hydrogen (secondary N) is 2. The molecule has 0 heterocycles. The molecule has 0 saturated carbocycles. The fraction of sp³-hybridized carbons (Fsp3) is 0.222. The molecule has 0 saturated heterocycles. The first-order valence-corrected chi connectivity index (χ1v) is 7.17. The van der Waals surface area contributed by atoms with Crippen LogP contribution in [0.2, 0.25) is 0 Å². The second kappa shape index (κ2) is 6.89. The topological polar surface area (TPSA) is 58.2 Å². The minimum absolute atomic E-state index is 0.171. The van der Waals surface area contributed by atoms with E-state index in [4.69, 9.17) is 0 Å². The number of hydrogen-bond donors (Lipinski definition) is 2. The molecule has 0 aromatic heterocycles. The molecule has 0 aliphatic carbocycles. The lowest BCUT2D eigenvalue weighted by atomic mass is 10.1. The van der Waals surface area contributed by atoms with Gasteiger partial charge in [0.05, 0.1) is 0 Å². The third-order valence-corrected chi connectivity index (χ3v) is 3.20. The first kappa shape index (κ1) is 15.8. The van der Waals surface area contributed by atoms with Gasteiger partial charge < -0.3 is 10.6 Å². The van der Waals surface area contributed by atoms with Crippen molar-refractivity contribution in [1.29, 1.82) is 0 Å². The minimum Gasteiger partial charge on any atom is -0.359 e. The molecule has 1 amide bonds. The van der Waals surface area contributed by atoms with E-state index < -0.39 is 6.17 Å². The number of amides is 1. The van der Waals surface area contributed by atoms with Crippen molar-refractivity contribution < 1.29 is 9.59 Å². The normalized spacial score (nSPS) is 11.6. The summed E-state index contributed by atoms with van der Waals surface area (Å²) in [7, 11) is 0. The zero-order valence-corrected chi connectivity index (χ0v) is 13.0. The van der Waals surface area contributed by atoms with Gasteiger partial charge in [-0.3, -0.25) is 9.59 Å². The lowest BCUT2D eigenvalue weighted by molar-refractivity contribution is -0.119. The van der Waals surface area contributed by atoms with Crippen molar-refractivity contribution in [3.8, 4) is 0 Å². The van der Waals surface area contributed by atoms with Gasteiger partial charge in [0.2, 0.25) is 11.7 Å². The summed E-state index contributed by atoms with van der Waals surface area (Å²) in [6.07, 6.45) is -0.791. The van der Waals surface area contributed by atoms with Gasteiger partial charge in [-0.2, -0.15) is 0 Å². The molecule has 0 fully saturated rings. The van der Waals surface area contributed by atoms with E-state index in [0.29, 0.717) is 5.56 Å². The van der Waals surface area contributed by atoms with Gasteiger partial charge in [0.15, 0.2) is 6.17 Å². The van der Waals surface area contributed by atoms with Crippen molar-refractivity contribution in [3.63, 3.8) is 0 Å². The second-order valence-corrected chi connectivity index (χ2v) is 5.38. The number of carbonyl (C=O) groups is 2. The Bertz CT molecular complexity index is 660. The first-order chi connectivity index (χ1) is 10.5. The highest BCUT2D eigenvalue weighted by Crippen LogP contribution is 2.15. The number of Topliss-reactive ketones (excluding diaryl/α,β-unsaturated/α-hetero) is 1. The van der Waals surface area contributed by atoms with Crippen molar-refractivity contribution >= 4 is 17.4 Å². The van der Waals surface area contributed by atoms with Crippen molar-refractivity contribution in [3.05, 3.63) is 65.2 Å². The summed E-state index contributed by atoms with van der Waals surface area (Å²) in [6.45, 7) is 5.38. The van der Waals surface area contributed by atoms with Crippen LogP contribution in [-0.4, -0.2) is 17.9 Å². The number of hydrogen-bond acceptors (Lipinski definition) is 3. The molecule has 2 aromatic rings. The second-order valence-electron chi connectivity index (χ2n) is 5.38. The van der Waals surface area contributed by atoms with Crippen LogP contribution in [-0.2, 0) is 4.79 Å². The number of aryl methyl sites for hydroxylation is 2. The number of carbonyl (C=O) groups excluding carboxylic acids is 2. The number of rotatable bonds is 5. The lowest BCUT2D eigenvalue weighted by Crippen LogP contribution is -2.45. The van der Waals surface area contributed by atoms with Crippen LogP contribution in [0.4, 0.5) is 5.69 Å². The van der Waals surface area contributed by atoms with Crippen LogP contribution in [0.5, 0.6) is 0 Å². The van der Waals surface area contributed by atoms with E-state index in [-0.39, 0.29) is 11.7 Å². The van der Waals surface area contributed by atoms with E-state index in [9.17, 15) is 9.59 Å². The maximum atomic E-state index is 12.6.